The average molecular weight is 373 g/mol. The molecule has 134 valence electrons. The number of fused-ring (bicyclic) bond motifs is 1. The third-order valence-corrected chi connectivity index (χ3v) is 4.86. The van der Waals surface area contributed by atoms with Gasteiger partial charge in [0.05, 0.1) is 24.1 Å². The lowest BCUT2D eigenvalue weighted by Gasteiger charge is -2.13. The second-order valence-corrected chi connectivity index (χ2v) is 6.75. The van der Waals surface area contributed by atoms with E-state index in [1.54, 1.807) is 36.4 Å². The molecule has 1 heterocycles. The highest BCUT2D eigenvalue weighted by Gasteiger charge is 2.34. The Labute approximate surface area is 154 Å². The van der Waals surface area contributed by atoms with E-state index in [4.69, 9.17) is 4.74 Å². The lowest BCUT2D eigenvalue weighted by molar-refractivity contribution is -0.143. The summed E-state index contributed by atoms with van der Waals surface area (Å²) in [5.41, 5.74) is 0.749. The first-order chi connectivity index (χ1) is 12.6. The van der Waals surface area contributed by atoms with Gasteiger partial charge in [0.1, 0.15) is 12.4 Å². The first kappa shape index (κ1) is 18.1. The summed E-state index contributed by atoms with van der Waals surface area (Å²) in [6.07, 6.45) is 0.185. The van der Waals surface area contributed by atoms with Crippen LogP contribution in [0.4, 0.5) is 4.39 Å². The van der Waals surface area contributed by atoms with Crippen LogP contribution in [0.2, 0.25) is 0 Å². The van der Waals surface area contributed by atoms with Crippen LogP contribution in [0.15, 0.2) is 53.4 Å². The Morgan fingerprint density at radius 2 is 1.62 bits per heavy atom. The van der Waals surface area contributed by atoms with Crippen LogP contribution in [-0.4, -0.2) is 41.6 Å². The zero-order chi connectivity index (χ0) is 18.5. The van der Waals surface area contributed by atoms with Crippen molar-refractivity contribution in [1.82, 2.24) is 4.90 Å². The minimum absolute atomic E-state index is 0.0309. The molecule has 2 aromatic rings. The van der Waals surface area contributed by atoms with E-state index in [1.165, 1.54) is 23.9 Å². The normalized spacial score (nSPS) is 13.0. The van der Waals surface area contributed by atoms with Crippen molar-refractivity contribution in [1.29, 1.82) is 0 Å². The highest BCUT2D eigenvalue weighted by atomic mass is 32.2. The molecule has 2 aromatic carbocycles. The van der Waals surface area contributed by atoms with Crippen LogP contribution in [0.5, 0.6) is 0 Å². The quantitative estimate of drug-likeness (QED) is 0.424. The van der Waals surface area contributed by atoms with Crippen LogP contribution in [0, 0.1) is 5.82 Å². The number of thioether (sulfide) groups is 1. The zero-order valence-corrected chi connectivity index (χ0v) is 14.6. The van der Waals surface area contributed by atoms with Crippen molar-refractivity contribution >= 4 is 29.5 Å². The van der Waals surface area contributed by atoms with Gasteiger partial charge in [-0.25, -0.2) is 4.39 Å². The molecule has 0 unspecified atom stereocenters. The predicted octanol–water partition coefficient (Wildman–Crippen LogP) is 3.15. The Morgan fingerprint density at radius 1 is 1.00 bits per heavy atom. The van der Waals surface area contributed by atoms with Gasteiger partial charge < -0.3 is 4.74 Å². The van der Waals surface area contributed by atoms with Gasteiger partial charge in [-0.1, -0.05) is 12.1 Å². The van der Waals surface area contributed by atoms with Gasteiger partial charge in [0, 0.05) is 10.6 Å². The molecule has 2 amide bonds. The van der Waals surface area contributed by atoms with Gasteiger partial charge in [0.2, 0.25) is 0 Å². The van der Waals surface area contributed by atoms with Gasteiger partial charge in [-0.3, -0.25) is 19.3 Å². The fourth-order valence-electron chi connectivity index (χ4n) is 2.55. The molecule has 1 aliphatic heterocycles. The Morgan fingerprint density at radius 3 is 2.23 bits per heavy atom. The fraction of sp³-hybridized carbons (Fsp3) is 0.211. The van der Waals surface area contributed by atoms with Crippen LogP contribution >= 0.6 is 11.8 Å². The van der Waals surface area contributed by atoms with E-state index in [-0.39, 0.29) is 37.2 Å². The maximum absolute atomic E-state index is 12.8. The van der Waals surface area contributed by atoms with E-state index in [1.807, 2.05) is 0 Å². The Bertz CT molecular complexity index is 803. The van der Waals surface area contributed by atoms with Gasteiger partial charge in [-0.2, -0.15) is 0 Å². The number of hydrogen-bond acceptors (Lipinski definition) is 5. The number of carbonyl (C=O) groups is 3. The number of carbonyl (C=O) groups excluding carboxylic acids is 3. The number of benzene rings is 2. The molecule has 0 N–H and O–H groups in total. The molecular weight excluding hydrogens is 357 g/mol. The van der Waals surface area contributed by atoms with E-state index in [0.29, 0.717) is 16.9 Å². The van der Waals surface area contributed by atoms with Crippen LogP contribution in [-0.2, 0) is 9.53 Å². The molecule has 0 aromatic heterocycles. The number of hydrogen-bond donors (Lipinski definition) is 0. The standard InChI is InChI=1S/C19H16FNO4S/c20-13-5-7-14(8-6-13)26-12-9-17(22)25-11-10-21-18(23)15-3-1-2-4-16(15)19(21)24/h1-8H,9-12H2. The summed E-state index contributed by atoms with van der Waals surface area (Å²) in [6.45, 7) is -0.00525. The fourth-order valence-corrected chi connectivity index (χ4v) is 3.38. The second-order valence-electron chi connectivity index (χ2n) is 5.58. The lowest BCUT2D eigenvalue weighted by atomic mass is 10.1. The summed E-state index contributed by atoms with van der Waals surface area (Å²) in [7, 11) is 0. The number of esters is 1. The maximum Gasteiger partial charge on any atom is 0.306 e. The van der Waals surface area contributed by atoms with E-state index in [9.17, 15) is 18.8 Å². The summed E-state index contributed by atoms with van der Waals surface area (Å²) in [4.78, 5) is 38.1. The molecule has 7 heteroatoms. The molecule has 0 radical (unpaired) electrons. The number of amides is 2. The smallest absolute Gasteiger partial charge is 0.306 e. The molecule has 0 bridgehead atoms. The molecule has 0 saturated carbocycles. The largest absolute Gasteiger partial charge is 0.464 e. The predicted molar refractivity (Wildman–Crippen MR) is 94.5 cm³/mol. The summed E-state index contributed by atoms with van der Waals surface area (Å²) >= 11 is 1.42. The molecule has 26 heavy (non-hydrogen) atoms. The van der Waals surface area contributed by atoms with Crippen molar-refractivity contribution in [3.8, 4) is 0 Å². The topological polar surface area (TPSA) is 63.7 Å². The first-order valence-corrected chi connectivity index (χ1v) is 9.04. The SMILES string of the molecule is O=C(CCSc1ccc(F)cc1)OCCN1C(=O)c2ccccc2C1=O. The molecular formula is C19H16FNO4S. The number of rotatable bonds is 7. The van der Waals surface area contributed by atoms with Crippen molar-refractivity contribution in [2.45, 2.75) is 11.3 Å². The Balaban J connectivity index is 1.40. The van der Waals surface area contributed by atoms with E-state index in [0.717, 1.165) is 9.80 Å². The summed E-state index contributed by atoms with van der Waals surface area (Å²) < 4.78 is 17.9. The van der Waals surface area contributed by atoms with E-state index in [2.05, 4.69) is 0 Å². The van der Waals surface area contributed by atoms with Gasteiger partial charge in [0.25, 0.3) is 11.8 Å². The number of ether oxygens (including phenoxy) is 1. The zero-order valence-electron chi connectivity index (χ0n) is 13.8. The minimum Gasteiger partial charge on any atom is -0.464 e. The lowest BCUT2D eigenvalue weighted by Crippen LogP contribution is -2.33. The molecule has 0 spiro atoms. The van der Waals surface area contributed by atoms with E-state index >= 15 is 0 Å². The third kappa shape index (κ3) is 4.11. The molecule has 0 aliphatic carbocycles. The van der Waals surface area contributed by atoms with Crippen LogP contribution in [0.3, 0.4) is 0 Å². The average Bonchev–Trinajstić information content (AvgIpc) is 2.89. The second kappa shape index (κ2) is 8.14. The maximum atomic E-state index is 12.8. The van der Waals surface area contributed by atoms with Gasteiger partial charge >= 0.3 is 5.97 Å². The number of nitrogens with zero attached hydrogens (tertiary/aromatic N) is 1. The van der Waals surface area contributed by atoms with Crippen molar-refractivity contribution < 1.29 is 23.5 Å². The van der Waals surface area contributed by atoms with Gasteiger partial charge in [0.15, 0.2) is 0 Å². The third-order valence-electron chi connectivity index (χ3n) is 3.84. The molecule has 0 saturated heterocycles. The van der Waals surface area contributed by atoms with Gasteiger partial charge in [-0.05, 0) is 36.4 Å². The van der Waals surface area contributed by atoms with Crippen molar-refractivity contribution in [3.63, 3.8) is 0 Å². The van der Waals surface area contributed by atoms with Crippen molar-refractivity contribution in [3.05, 3.63) is 65.5 Å². The number of imide groups is 1. The molecule has 3 rings (SSSR count). The van der Waals surface area contributed by atoms with Gasteiger partial charge in [-0.15, -0.1) is 11.8 Å². The molecule has 0 atom stereocenters. The van der Waals surface area contributed by atoms with Crippen LogP contribution in [0.1, 0.15) is 27.1 Å². The number of halogens is 1. The molecule has 1 aliphatic rings. The van der Waals surface area contributed by atoms with Crippen molar-refractivity contribution in [2.24, 2.45) is 0 Å². The highest BCUT2D eigenvalue weighted by Crippen LogP contribution is 2.22. The first-order valence-electron chi connectivity index (χ1n) is 8.05. The Kier molecular flexibility index (Phi) is 5.68. The minimum atomic E-state index is -0.406. The van der Waals surface area contributed by atoms with Crippen LogP contribution < -0.4 is 0 Å². The highest BCUT2D eigenvalue weighted by molar-refractivity contribution is 7.99. The Hall–Kier alpha value is -2.67. The van der Waals surface area contributed by atoms with Crippen LogP contribution in [0.25, 0.3) is 0 Å². The monoisotopic (exact) mass is 373 g/mol. The van der Waals surface area contributed by atoms with Crippen molar-refractivity contribution in [2.75, 3.05) is 18.9 Å². The van der Waals surface area contributed by atoms with E-state index < -0.39 is 5.97 Å². The molecule has 0 fully saturated rings. The summed E-state index contributed by atoms with van der Waals surface area (Å²) in [5, 5.41) is 0. The summed E-state index contributed by atoms with van der Waals surface area (Å²) in [5.74, 6) is -0.947. The summed E-state index contributed by atoms with van der Waals surface area (Å²) in [6, 6.07) is 12.6. The molecule has 5 nitrogen and oxygen atoms in total.